The molecule has 0 unspecified atom stereocenters. The Hall–Kier alpha value is -2.07. The van der Waals surface area contributed by atoms with E-state index in [1.165, 1.54) is 12.0 Å². The van der Waals surface area contributed by atoms with Crippen molar-refractivity contribution < 1.29 is 9.21 Å². The number of hydrogen-bond donors (Lipinski definition) is 0. The molecule has 0 radical (unpaired) electrons. The van der Waals surface area contributed by atoms with Crippen molar-refractivity contribution in [2.45, 2.75) is 24.3 Å². The molecule has 2 atom stereocenters. The van der Waals surface area contributed by atoms with Gasteiger partial charge in [0.05, 0.1) is 11.8 Å². The molecule has 4 nitrogen and oxygen atoms in total. The minimum atomic E-state index is 0.0840. The van der Waals surface area contributed by atoms with Crippen molar-refractivity contribution in [1.29, 1.82) is 0 Å². The molecular formula is C19H22N2O2. The number of likely N-dealkylation sites (N-methyl/N-ethyl adjacent to an activating group) is 1. The molecule has 1 amide bonds. The van der Waals surface area contributed by atoms with Crippen LogP contribution in [-0.4, -0.2) is 48.4 Å². The maximum Gasteiger partial charge on any atom is 0.257 e. The normalized spacial score (nSPS) is 27.9. The zero-order valence-corrected chi connectivity index (χ0v) is 13.4. The van der Waals surface area contributed by atoms with E-state index in [-0.39, 0.29) is 11.3 Å². The lowest BCUT2D eigenvalue weighted by Gasteiger charge is -2.46. The van der Waals surface area contributed by atoms with Crippen molar-refractivity contribution in [3.05, 3.63) is 60.1 Å². The first-order valence-corrected chi connectivity index (χ1v) is 8.28. The Morgan fingerprint density at radius 3 is 2.70 bits per heavy atom. The molecule has 2 fully saturated rings. The van der Waals surface area contributed by atoms with Crippen LogP contribution in [0, 0.1) is 0 Å². The molecule has 2 aromatic rings. The van der Waals surface area contributed by atoms with Crippen LogP contribution in [0.25, 0.3) is 0 Å². The van der Waals surface area contributed by atoms with E-state index in [2.05, 4.69) is 42.3 Å². The van der Waals surface area contributed by atoms with Gasteiger partial charge in [-0.2, -0.15) is 0 Å². The summed E-state index contributed by atoms with van der Waals surface area (Å²) in [7, 11) is 2.18. The summed E-state index contributed by atoms with van der Waals surface area (Å²) >= 11 is 0. The first kappa shape index (κ1) is 14.5. The molecule has 4 rings (SSSR count). The number of nitrogens with zero attached hydrogens (tertiary/aromatic N) is 2. The Morgan fingerprint density at radius 1 is 1.17 bits per heavy atom. The number of carbonyl (C=O) groups excluding carboxylic acids is 1. The molecule has 120 valence electrons. The van der Waals surface area contributed by atoms with E-state index in [1.54, 1.807) is 18.6 Å². The van der Waals surface area contributed by atoms with Crippen LogP contribution in [0.2, 0.25) is 0 Å². The summed E-state index contributed by atoms with van der Waals surface area (Å²) in [6.07, 6.45) is 5.30. The third kappa shape index (κ3) is 2.29. The maximum atomic E-state index is 12.6. The number of furan rings is 1. The SMILES string of the molecule is CN1CC[C@]2(c3ccccc3)CCN(C(=O)c3ccoc3)C[C@H]12. The summed E-state index contributed by atoms with van der Waals surface area (Å²) in [5.74, 6) is 0.0840. The fourth-order valence-electron chi connectivity index (χ4n) is 4.36. The van der Waals surface area contributed by atoms with Crippen LogP contribution in [0.1, 0.15) is 28.8 Å². The fourth-order valence-corrected chi connectivity index (χ4v) is 4.36. The number of benzene rings is 1. The predicted molar refractivity (Wildman–Crippen MR) is 88.4 cm³/mol. The second kappa shape index (κ2) is 5.53. The van der Waals surface area contributed by atoms with Crippen LogP contribution < -0.4 is 0 Å². The summed E-state index contributed by atoms with van der Waals surface area (Å²) in [5.41, 5.74) is 2.26. The van der Waals surface area contributed by atoms with Crippen molar-refractivity contribution in [1.82, 2.24) is 9.80 Å². The smallest absolute Gasteiger partial charge is 0.257 e. The van der Waals surface area contributed by atoms with Gasteiger partial charge in [-0.1, -0.05) is 30.3 Å². The van der Waals surface area contributed by atoms with Gasteiger partial charge in [0, 0.05) is 24.5 Å². The quantitative estimate of drug-likeness (QED) is 0.856. The van der Waals surface area contributed by atoms with Crippen molar-refractivity contribution in [2.24, 2.45) is 0 Å². The second-order valence-corrected chi connectivity index (χ2v) is 6.78. The Kier molecular flexibility index (Phi) is 3.49. The number of carbonyl (C=O) groups is 1. The Morgan fingerprint density at radius 2 is 1.96 bits per heavy atom. The highest BCUT2D eigenvalue weighted by Gasteiger charge is 2.50. The minimum absolute atomic E-state index is 0.0840. The molecule has 23 heavy (non-hydrogen) atoms. The molecule has 0 spiro atoms. The average molecular weight is 310 g/mol. The number of hydrogen-bond acceptors (Lipinski definition) is 3. The van der Waals surface area contributed by atoms with Gasteiger partial charge in [-0.25, -0.2) is 0 Å². The molecular weight excluding hydrogens is 288 g/mol. The molecule has 2 aliphatic heterocycles. The van der Waals surface area contributed by atoms with E-state index in [1.807, 2.05) is 4.90 Å². The van der Waals surface area contributed by atoms with Crippen molar-refractivity contribution in [2.75, 3.05) is 26.7 Å². The lowest BCUT2D eigenvalue weighted by atomic mass is 9.69. The number of fused-ring (bicyclic) bond motifs is 1. The molecule has 0 saturated carbocycles. The van der Waals surface area contributed by atoms with E-state index < -0.39 is 0 Å². The van der Waals surface area contributed by atoms with Gasteiger partial charge < -0.3 is 14.2 Å². The monoisotopic (exact) mass is 310 g/mol. The third-order valence-corrected chi connectivity index (χ3v) is 5.71. The minimum Gasteiger partial charge on any atom is -0.472 e. The van der Waals surface area contributed by atoms with Crippen LogP contribution in [0.15, 0.2) is 53.3 Å². The Balaban J connectivity index is 1.62. The van der Waals surface area contributed by atoms with Crippen molar-refractivity contribution >= 4 is 5.91 Å². The summed E-state index contributed by atoms with van der Waals surface area (Å²) in [5, 5.41) is 0. The third-order valence-electron chi connectivity index (χ3n) is 5.71. The van der Waals surface area contributed by atoms with E-state index >= 15 is 0 Å². The Labute approximate surface area is 136 Å². The number of piperidine rings is 1. The first-order valence-electron chi connectivity index (χ1n) is 8.28. The molecule has 0 N–H and O–H groups in total. The number of amides is 1. The second-order valence-electron chi connectivity index (χ2n) is 6.78. The molecule has 2 saturated heterocycles. The van der Waals surface area contributed by atoms with Gasteiger partial charge >= 0.3 is 0 Å². The highest BCUT2D eigenvalue weighted by Crippen LogP contribution is 2.45. The largest absolute Gasteiger partial charge is 0.472 e. The number of likely N-dealkylation sites (tertiary alicyclic amines) is 2. The van der Waals surface area contributed by atoms with Gasteiger partial charge in [-0.15, -0.1) is 0 Å². The molecule has 4 heteroatoms. The van der Waals surface area contributed by atoms with Gasteiger partial charge in [0.1, 0.15) is 6.26 Å². The van der Waals surface area contributed by atoms with Crippen LogP contribution in [0.5, 0.6) is 0 Å². The van der Waals surface area contributed by atoms with E-state index in [0.717, 1.165) is 26.1 Å². The van der Waals surface area contributed by atoms with Crippen LogP contribution in [0.4, 0.5) is 0 Å². The van der Waals surface area contributed by atoms with Gasteiger partial charge in [0.2, 0.25) is 0 Å². The molecule has 1 aromatic heterocycles. The first-order chi connectivity index (χ1) is 11.2. The zero-order valence-electron chi connectivity index (χ0n) is 13.4. The number of rotatable bonds is 2. The molecule has 2 aliphatic rings. The van der Waals surface area contributed by atoms with Crippen LogP contribution in [-0.2, 0) is 5.41 Å². The summed E-state index contributed by atoms with van der Waals surface area (Å²) in [6.45, 7) is 2.69. The molecule has 1 aromatic carbocycles. The van der Waals surface area contributed by atoms with E-state index in [0.29, 0.717) is 11.6 Å². The summed E-state index contributed by atoms with van der Waals surface area (Å²) in [6, 6.07) is 13.0. The van der Waals surface area contributed by atoms with Gasteiger partial charge in [-0.3, -0.25) is 4.79 Å². The van der Waals surface area contributed by atoms with Crippen molar-refractivity contribution in [3.8, 4) is 0 Å². The summed E-state index contributed by atoms with van der Waals surface area (Å²) in [4.78, 5) is 17.0. The standard InChI is InChI=1S/C19H22N2O2/c1-20-10-8-19(16-5-3-2-4-6-16)9-11-21(13-17(19)20)18(22)15-7-12-23-14-15/h2-7,12,14,17H,8-11,13H2,1H3/t17-,19+/m0/s1. The molecule has 0 aliphatic carbocycles. The summed E-state index contributed by atoms with van der Waals surface area (Å²) < 4.78 is 5.07. The lowest BCUT2D eigenvalue weighted by Crippen LogP contribution is -2.56. The lowest BCUT2D eigenvalue weighted by molar-refractivity contribution is 0.0552. The van der Waals surface area contributed by atoms with Gasteiger partial charge in [0.15, 0.2) is 0 Å². The average Bonchev–Trinajstić information content (AvgIpc) is 3.24. The highest BCUT2D eigenvalue weighted by molar-refractivity contribution is 5.94. The maximum absolute atomic E-state index is 12.6. The van der Waals surface area contributed by atoms with Gasteiger partial charge in [0.25, 0.3) is 5.91 Å². The van der Waals surface area contributed by atoms with E-state index in [4.69, 9.17) is 4.42 Å². The fraction of sp³-hybridized carbons (Fsp3) is 0.421. The topological polar surface area (TPSA) is 36.7 Å². The Bertz CT molecular complexity index is 683. The predicted octanol–water partition coefficient (Wildman–Crippen LogP) is 2.77. The zero-order chi connectivity index (χ0) is 15.9. The highest BCUT2D eigenvalue weighted by atomic mass is 16.3. The molecule has 0 bridgehead atoms. The van der Waals surface area contributed by atoms with E-state index in [9.17, 15) is 4.79 Å². The molecule has 3 heterocycles. The van der Waals surface area contributed by atoms with Crippen LogP contribution >= 0.6 is 0 Å². The van der Waals surface area contributed by atoms with Gasteiger partial charge in [-0.05, 0) is 38.1 Å². The van der Waals surface area contributed by atoms with Crippen molar-refractivity contribution in [3.63, 3.8) is 0 Å². The van der Waals surface area contributed by atoms with Crippen LogP contribution in [0.3, 0.4) is 0 Å².